The highest BCUT2D eigenvalue weighted by molar-refractivity contribution is 5.77. The van der Waals surface area contributed by atoms with Gasteiger partial charge >= 0.3 is 5.97 Å². The van der Waals surface area contributed by atoms with Crippen molar-refractivity contribution in [3.05, 3.63) is 60.8 Å². The molecule has 0 spiro atoms. The van der Waals surface area contributed by atoms with Gasteiger partial charge < -0.3 is 20.3 Å². The fourth-order valence-corrected chi connectivity index (χ4v) is 6.57. The first-order chi connectivity index (χ1) is 26.5. The van der Waals surface area contributed by atoms with Gasteiger partial charge in [0.05, 0.1) is 25.2 Å². The molecule has 3 unspecified atom stereocenters. The smallest absolute Gasteiger partial charge is 0.306 e. The summed E-state index contributed by atoms with van der Waals surface area (Å²) in [6, 6.07) is -0.736. The van der Waals surface area contributed by atoms with E-state index in [2.05, 4.69) is 32.2 Å². The van der Waals surface area contributed by atoms with Crippen LogP contribution in [-0.2, 0) is 14.3 Å². The number of aliphatic hydroxyl groups excluding tert-OH is 2. The molecule has 0 saturated heterocycles. The third-order valence-corrected chi connectivity index (χ3v) is 9.99. The molecule has 0 aromatic rings. The number of carbonyl (C=O) groups is 2. The maximum atomic E-state index is 13.1. The van der Waals surface area contributed by atoms with E-state index in [0.717, 1.165) is 44.9 Å². The van der Waals surface area contributed by atoms with E-state index in [4.69, 9.17) is 4.74 Å². The van der Waals surface area contributed by atoms with Crippen LogP contribution in [0.15, 0.2) is 60.8 Å². The van der Waals surface area contributed by atoms with Crippen LogP contribution in [0.2, 0.25) is 0 Å². The second-order valence-corrected chi connectivity index (χ2v) is 15.2. The van der Waals surface area contributed by atoms with Crippen LogP contribution in [-0.4, -0.2) is 46.9 Å². The van der Waals surface area contributed by atoms with Crippen LogP contribution in [0.1, 0.15) is 207 Å². The highest BCUT2D eigenvalue weighted by Gasteiger charge is 2.23. The van der Waals surface area contributed by atoms with Crippen LogP contribution in [0.4, 0.5) is 0 Å². The lowest BCUT2D eigenvalue weighted by Crippen LogP contribution is -2.46. The number of hydrogen-bond acceptors (Lipinski definition) is 5. The molecule has 3 atom stereocenters. The highest BCUT2D eigenvalue weighted by Crippen LogP contribution is 2.16. The van der Waals surface area contributed by atoms with Crippen molar-refractivity contribution in [2.75, 3.05) is 6.61 Å². The second-order valence-electron chi connectivity index (χ2n) is 15.2. The minimum absolute atomic E-state index is 0.0179. The maximum Gasteiger partial charge on any atom is 0.306 e. The van der Waals surface area contributed by atoms with Crippen molar-refractivity contribution in [3.8, 4) is 0 Å². The van der Waals surface area contributed by atoms with Crippen LogP contribution < -0.4 is 5.32 Å². The lowest BCUT2D eigenvalue weighted by Gasteiger charge is -2.24. The van der Waals surface area contributed by atoms with E-state index >= 15 is 0 Å². The fraction of sp³-hybridized carbons (Fsp3) is 0.750. The Morgan fingerprint density at radius 1 is 0.556 bits per heavy atom. The van der Waals surface area contributed by atoms with E-state index in [9.17, 15) is 19.8 Å². The lowest BCUT2D eigenvalue weighted by atomic mass is 10.0. The highest BCUT2D eigenvalue weighted by atomic mass is 16.5. The SMILES string of the molecule is CC/C=C/C=C/C=C\C=C/C=C/CC(CC(=O)NC(CO)C(O)CCCCCCCCCCCC)OC(=O)CCCCCCCCCCCCCCCC. The van der Waals surface area contributed by atoms with E-state index in [1.807, 2.05) is 54.7 Å². The zero-order valence-electron chi connectivity index (χ0n) is 35.3. The molecule has 54 heavy (non-hydrogen) atoms. The number of nitrogens with one attached hydrogen (secondary N) is 1. The molecule has 0 heterocycles. The number of aliphatic hydroxyl groups is 2. The molecule has 0 rings (SSSR count). The van der Waals surface area contributed by atoms with E-state index < -0.39 is 18.2 Å². The van der Waals surface area contributed by atoms with E-state index in [0.29, 0.717) is 19.3 Å². The van der Waals surface area contributed by atoms with Crippen molar-refractivity contribution < 1.29 is 24.5 Å². The number of carbonyl (C=O) groups excluding carboxylic acids is 2. The molecule has 0 aromatic carbocycles. The van der Waals surface area contributed by atoms with Gasteiger partial charge in [-0.2, -0.15) is 0 Å². The normalized spacial score (nSPS) is 13.9. The number of unbranched alkanes of at least 4 members (excludes halogenated alkanes) is 22. The van der Waals surface area contributed by atoms with Crippen molar-refractivity contribution in [1.29, 1.82) is 0 Å². The van der Waals surface area contributed by atoms with Gasteiger partial charge in [-0.3, -0.25) is 9.59 Å². The summed E-state index contributed by atoms with van der Waals surface area (Å²) in [4.78, 5) is 25.9. The molecule has 312 valence electrons. The molecule has 0 saturated carbocycles. The summed E-state index contributed by atoms with van der Waals surface area (Å²) in [7, 11) is 0. The average Bonchev–Trinajstić information content (AvgIpc) is 3.16. The fourth-order valence-electron chi connectivity index (χ4n) is 6.57. The molecular formula is C48H85NO5. The third-order valence-electron chi connectivity index (χ3n) is 9.99. The Balaban J connectivity index is 4.71. The van der Waals surface area contributed by atoms with Crippen LogP contribution in [0.3, 0.4) is 0 Å². The molecule has 0 radical (unpaired) electrons. The summed E-state index contributed by atoms with van der Waals surface area (Å²) in [6.45, 7) is 6.27. The molecule has 6 heteroatoms. The lowest BCUT2D eigenvalue weighted by molar-refractivity contribution is -0.150. The van der Waals surface area contributed by atoms with Gasteiger partial charge in [0.25, 0.3) is 0 Å². The van der Waals surface area contributed by atoms with Gasteiger partial charge in [0, 0.05) is 12.8 Å². The van der Waals surface area contributed by atoms with Gasteiger partial charge in [-0.05, 0) is 19.3 Å². The van der Waals surface area contributed by atoms with Crippen LogP contribution in [0, 0.1) is 0 Å². The van der Waals surface area contributed by atoms with Gasteiger partial charge in [-0.15, -0.1) is 0 Å². The molecular weight excluding hydrogens is 671 g/mol. The zero-order chi connectivity index (χ0) is 39.6. The Hall–Kier alpha value is -2.44. The first-order valence-corrected chi connectivity index (χ1v) is 22.6. The Morgan fingerprint density at radius 3 is 1.41 bits per heavy atom. The standard InChI is InChI=1S/C48H85NO5/c1-4-7-10-13-16-19-22-23-24-26-29-32-35-38-41-48(53)54-44(39-36-33-30-27-25-20-17-14-11-8-5-2)42-47(52)49-45(43-50)46(51)40-37-34-31-28-21-18-15-12-9-6-3/h8,11,14,17,20,25,27,30,33,36,44-46,50-51H,4-7,9-10,12-13,15-16,18-19,21-24,26,28-29,31-32,34-35,37-43H2,1-3H3,(H,49,52)/b11-8+,17-14+,25-20-,30-27-,36-33+. The Labute approximate surface area is 333 Å². The number of rotatable bonds is 39. The van der Waals surface area contributed by atoms with E-state index in [1.165, 1.54) is 116 Å². The number of allylic oxidation sites excluding steroid dienone is 9. The number of esters is 1. The molecule has 0 aliphatic heterocycles. The molecule has 0 aromatic heterocycles. The summed E-state index contributed by atoms with van der Waals surface area (Å²) < 4.78 is 5.81. The summed E-state index contributed by atoms with van der Waals surface area (Å²) in [5, 5.41) is 23.5. The third kappa shape index (κ3) is 36.5. The largest absolute Gasteiger partial charge is 0.461 e. The number of hydrogen-bond donors (Lipinski definition) is 3. The van der Waals surface area contributed by atoms with Crippen molar-refractivity contribution in [1.82, 2.24) is 5.32 Å². The van der Waals surface area contributed by atoms with E-state index in [1.54, 1.807) is 0 Å². The molecule has 0 aliphatic carbocycles. The first-order valence-electron chi connectivity index (χ1n) is 22.6. The summed E-state index contributed by atoms with van der Waals surface area (Å²) in [5.41, 5.74) is 0. The Kier molecular flexibility index (Phi) is 39.8. The topological polar surface area (TPSA) is 95.9 Å². The maximum absolute atomic E-state index is 13.1. The van der Waals surface area contributed by atoms with Crippen molar-refractivity contribution in [2.24, 2.45) is 0 Å². The number of amides is 1. The second kappa shape index (κ2) is 41.7. The zero-order valence-corrected chi connectivity index (χ0v) is 35.3. The molecule has 0 aliphatic rings. The summed E-state index contributed by atoms with van der Waals surface area (Å²) >= 11 is 0. The van der Waals surface area contributed by atoms with Gasteiger partial charge in [0.1, 0.15) is 6.10 Å². The summed E-state index contributed by atoms with van der Waals surface area (Å²) in [5.74, 6) is -0.608. The van der Waals surface area contributed by atoms with Crippen LogP contribution >= 0.6 is 0 Å². The molecule has 1 amide bonds. The van der Waals surface area contributed by atoms with Gasteiger partial charge in [0.15, 0.2) is 0 Å². The van der Waals surface area contributed by atoms with Crippen molar-refractivity contribution >= 4 is 11.9 Å². The molecule has 3 N–H and O–H groups in total. The van der Waals surface area contributed by atoms with Crippen LogP contribution in [0.25, 0.3) is 0 Å². The van der Waals surface area contributed by atoms with Crippen molar-refractivity contribution in [3.63, 3.8) is 0 Å². The quantitative estimate of drug-likeness (QED) is 0.0330. The Bertz CT molecular complexity index is 984. The van der Waals surface area contributed by atoms with Gasteiger partial charge in [-0.1, -0.05) is 229 Å². The minimum atomic E-state index is -0.815. The predicted octanol–water partition coefficient (Wildman–Crippen LogP) is 12.9. The number of ether oxygens (including phenoxy) is 1. The van der Waals surface area contributed by atoms with Gasteiger partial charge in [0.2, 0.25) is 5.91 Å². The predicted molar refractivity (Wildman–Crippen MR) is 232 cm³/mol. The van der Waals surface area contributed by atoms with Gasteiger partial charge in [-0.25, -0.2) is 0 Å². The first kappa shape index (κ1) is 51.6. The van der Waals surface area contributed by atoms with E-state index in [-0.39, 0.29) is 24.9 Å². The minimum Gasteiger partial charge on any atom is -0.461 e. The average molecular weight is 756 g/mol. The molecule has 0 fully saturated rings. The molecule has 6 nitrogen and oxygen atoms in total. The molecule has 0 bridgehead atoms. The van der Waals surface area contributed by atoms with Crippen molar-refractivity contribution in [2.45, 2.75) is 225 Å². The Morgan fingerprint density at radius 2 is 0.963 bits per heavy atom. The monoisotopic (exact) mass is 756 g/mol. The summed E-state index contributed by atoms with van der Waals surface area (Å²) in [6.07, 6.45) is 50.2. The van der Waals surface area contributed by atoms with Crippen LogP contribution in [0.5, 0.6) is 0 Å².